The Kier molecular flexibility index (Phi) is 4.54. The first-order valence-corrected chi connectivity index (χ1v) is 5.48. The van der Waals surface area contributed by atoms with Gasteiger partial charge < -0.3 is 9.84 Å². The van der Waals surface area contributed by atoms with Crippen LogP contribution in [0.1, 0.15) is 6.92 Å². The summed E-state index contributed by atoms with van der Waals surface area (Å²) < 4.78 is 5.41. The number of thioether (sulfide) groups is 1. The van der Waals surface area contributed by atoms with Gasteiger partial charge in [0.15, 0.2) is 0 Å². The maximum Gasteiger partial charge on any atom is 0.123 e. The molecule has 1 aromatic rings. The molecule has 13 heavy (non-hydrogen) atoms. The molecule has 1 rings (SSSR count). The summed E-state index contributed by atoms with van der Waals surface area (Å²) in [6.45, 7) is 2.82. The Hall–Kier alpha value is -0.830. The zero-order valence-corrected chi connectivity index (χ0v) is 8.51. The van der Waals surface area contributed by atoms with Crippen LogP contribution in [0.5, 0.6) is 11.5 Å². The van der Waals surface area contributed by atoms with Crippen LogP contribution in [0.25, 0.3) is 0 Å². The number of ether oxygens (including phenoxy) is 1. The second kappa shape index (κ2) is 5.75. The molecule has 0 bridgehead atoms. The fourth-order valence-electron chi connectivity index (χ4n) is 0.936. The normalized spacial score (nSPS) is 9.92. The van der Waals surface area contributed by atoms with Crippen LogP contribution in [-0.4, -0.2) is 23.2 Å². The van der Waals surface area contributed by atoms with Gasteiger partial charge in [-0.25, -0.2) is 0 Å². The SMILES string of the molecule is CCSCCOc1cccc(O)c1. The van der Waals surface area contributed by atoms with Crippen molar-refractivity contribution in [3.05, 3.63) is 24.3 Å². The molecular weight excluding hydrogens is 184 g/mol. The molecule has 1 aromatic carbocycles. The van der Waals surface area contributed by atoms with Crippen LogP contribution >= 0.6 is 11.8 Å². The van der Waals surface area contributed by atoms with Gasteiger partial charge in [-0.15, -0.1) is 0 Å². The lowest BCUT2D eigenvalue weighted by molar-refractivity contribution is 0.341. The molecule has 0 amide bonds. The summed E-state index contributed by atoms with van der Waals surface area (Å²) in [7, 11) is 0. The third-order valence-corrected chi connectivity index (χ3v) is 2.38. The number of hydrogen-bond acceptors (Lipinski definition) is 3. The first kappa shape index (κ1) is 10.3. The van der Waals surface area contributed by atoms with E-state index in [1.807, 2.05) is 17.8 Å². The maximum absolute atomic E-state index is 9.13. The molecule has 0 aliphatic rings. The molecule has 72 valence electrons. The van der Waals surface area contributed by atoms with Gasteiger partial charge in [-0.2, -0.15) is 11.8 Å². The summed E-state index contributed by atoms with van der Waals surface area (Å²) in [5, 5.41) is 9.13. The molecule has 3 heteroatoms. The van der Waals surface area contributed by atoms with Crippen LogP contribution in [0.15, 0.2) is 24.3 Å². The number of aromatic hydroxyl groups is 1. The predicted octanol–water partition coefficient (Wildman–Crippen LogP) is 2.52. The average Bonchev–Trinajstić information content (AvgIpc) is 2.13. The molecule has 0 aliphatic carbocycles. The zero-order chi connectivity index (χ0) is 9.52. The number of phenols is 1. The summed E-state index contributed by atoms with van der Waals surface area (Å²) >= 11 is 1.84. The van der Waals surface area contributed by atoms with Crippen LogP contribution in [0.4, 0.5) is 0 Å². The largest absolute Gasteiger partial charge is 0.508 e. The molecule has 0 atom stereocenters. The minimum atomic E-state index is 0.251. The molecule has 0 saturated heterocycles. The highest BCUT2D eigenvalue weighted by Crippen LogP contribution is 2.17. The first-order chi connectivity index (χ1) is 6.33. The van der Waals surface area contributed by atoms with Gasteiger partial charge >= 0.3 is 0 Å². The quantitative estimate of drug-likeness (QED) is 0.737. The molecule has 0 unspecified atom stereocenters. The Morgan fingerprint density at radius 1 is 1.46 bits per heavy atom. The summed E-state index contributed by atoms with van der Waals surface area (Å²) in [6, 6.07) is 6.87. The molecule has 0 spiro atoms. The van der Waals surface area contributed by atoms with Crippen LogP contribution in [0.2, 0.25) is 0 Å². The Morgan fingerprint density at radius 2 is 2.31 bits per heavy atom. The summed E-state index contributed by atoms with van der Waals surface area (Å²) in [6.07, 6.45) is 0. The molecule has 0 radical (unpaired) electrons. The minimum Gasteiger partial charge on any atom is -0.508 e. The predicted molar refractivity (Wildman–Crippen MR) is 56.6 cm³/mol. The van der Waals surface area contributed by atoms with Crippen LogP contribution in [0, 0.1) is 0 Å². The van der Waals surface area contributed by atoms with E-state index < -0.39 is 0 Å². The maximum atomic E-state index is 9.13. The van der Waals surface area contributed by atoms with Gasteiger partial charge in [-0.05, 0) is 17.9 Å². The summed E-state index contributed by atoms with van der Waals surface area (Å²) in [5.41, 5.74) is 0. The van der Waals surface area contributed by atoms with E-state index in [2.05, 4.69) is 6.92 Å². The van der Waals surface area contributed by atoms with Gasteiger partial charge in [0.1, 0.15) is 11.5 Å². The van der Waals surface area contributed by atoms with E-state index in [4.69, 9.17) is 9.84 Å². The second-order valence-electron chi connectivity index (χ2n) is 2.54. The van der Waals surface area contributed by atoms with Crippen LogP contribution in [0.3, 0.4) is 0 Å². The molecule has 0 fully saturated rings. The highest BCUT2D eigenvalue weighted by molar-refractivity contribution is 7.99. The standard InChI is InChI=1S/C10H14O2S/c1-2-13-7-6-12-10-5-3-4-9(11)8-10/h3-5,8,11H,2,6-7H2,1H3. The van der Waals surface area contributed by atoms with Gasteiger partial charge in [-0.3, -0.25) is 0 Å². The topological polar surface area (TPSA) is 29.5 Å². The monoisotopic (exact) mass is 198 g/mol. The summed E-state index contributed by atoms with van der Waals surface area (Å²) in [4.78, 5) is 0. The second-order valence-corrected chi connectivity index (χ2v) is 3.94. The van der Waals surface area contributed by atoms with Gasteiger partial charge in [0.05, 0.1) is 6.61 Å². The smallest absolute Gasteiger partial charge is 0.123 e. The van der Waals surface area contributed by atoms with E-state index in [1.165, 1.54) is 0 Å². The lowest BCUT2D eigenvalue weighted by atomic mass is 10.3. The van der Waals surface area contributed by atoms with Crippen molar-refractivity contribution in [2.45, 2.75) is 6.92 Å². The molecule has 1 N–H and O–H groups in total. The molecule has 0 aromatic heterocycles. The van der Waals surface area contributed by atoms with Gasteiger partial charge in [0.25, 0.3) is 0 Å². The average molecular weight is 198 g/mol. The highest BCUT2D eigenvalue weighted by Gasteiger charge is 1.94. The van der Waals surface area contributed by atoms with Crippen molar-refractivity contribution in [1.82, 2.24) is 0 Å². The zero-order valence-electron chi connectivity index (χ0n) is 7.69. The van der Waals surface area contributed by atoms with E-state index in [0.717, 1.165) is 17.3 Å². The third kappa shape index (κ3) is 4.08. The molecular formula is C10H14O2S. The fourth-order valence-corrected chi connectivity index (χ4v) is 1.43. The van der Waals surface area contributed by atoms with Crippen LogP contribution in [-0.2, 0) is 0 Å². The molecule has 2 nitrogen and oxygen atoms in total. The number of hydrogen-bond donors (Lipinski definition) is 1. The van der Waals surface area contributed by atoms with Crippen molar-refractivity contribution >= 4 is 11.8 Å². The lowest BCUT2D eigenvalue weighted by Crippen LogP contribution is -1.99. The molecule has 0 aliphatic heterocycles. The third-order valence-electron chi connectivity index (χ3n) is 1.52. The number of phenolic OH excluding ortho intramolecular Hbond substituents is 1. The Labute approximate surface area is 82.9 Å². The van der Waals surface area contributed by atoms with Crippen molar-refractivity contribution in [3.63, 3.8) is 0 Å². The van der Waals surface area contributed by atoms with E-state index in [-0.39, 0.29) is 5.75 Å². The highest BCUT2D eigenvalue weighted by atomic mass is 32.2. The van der Waals surface area contributed by atoms with Crippen molar-refractivity contribution in [2.24, 2.45) is 0 Å². The van der Waals surface area contributed by atoms with Crippen molar-refractivity contribution in [1.29, 1.82) is 0 Å². The van der Waals surface area contributed by atoms with Gasteiger partial charge in [0, 0.05) is 11.8 Å². The van der Waals surface area contributed by atoms with Crippen molar-refractivity contribution in [3.8, 4) is 11.5 Å². The molecule has 0 saturated carbocycles. The van der Waals surface area contributed by atoms with Gasteiger partial charge in [-0.1, -0.05) is 13.0 Å². The Bertz CT molecular complexity index is 250. The summed E-state index contributed by atoms with van der Waals surface area (Å²) in [5.74, 6) is 3.09. The Balaban J connectivity index is 2.28. The Morgan fingerprint density at radius 3 is 3.00 bits per heavy atom. The minimum absolute atomic E-state index is 0.251. The van der Waals surface area contributed by atoms with E-state index >= 15 is 0 Å². The lowest BCUT2D eigenvalue weighted by Gasteiger charge is -2.05. The van der Waals surface area contributed by atoms with E-state index in [9.17, 15) is 0 Å². The number of benzene rings is 1. The fraction of sp³-hybridized carbons (Fsp3) is 0.400. The van der Waals surface area contributed by atoms with Crippen molar-refractivity contribution < 1.29 is 9.84 Å². The van der Waals surface area contributed by atoms with Crippen molar-refractivity contribution in [2.75, 3.05) is 18.1 Å². The first-order valence-electron chi connectivity index (χ1n) is 4.32. The molecule has 0 heterocycles. The van der Waals surface area contributed by atoms with E-state index in [0.29, 0.717) is 6.61 Å². The number of rotatable bonds is 5. The van der Waals surface area contributed by atoms with Gasteiger partial charge in [0.2, 0.25) is 0 Å². The van der Waals surface area contributed by atoms with Crippen LogP contribution < -0.4 is 4.74 Å². The van der Waals surface area contributed by atoms with E-state index in [1.54, 1.807) is 18.2 Å².